The van der Waals surface area contributed by atoms with Crippen LogP contribution >= 0.6 is 0 Å². The number of furan rings is 1. The molecular formula is C16H15N3O5. The molecule has 8 nitrogen and oxygen atoms in total. The monoisotopic (exact) mass is 329 g/mol. The first-order valence-electron chi connectivity index (χ1n) is 7.14. The number of benzene rings is 1. The number of hydrogen-bond acceptors (Lipinski definition) is 6. The number of nitriles is 1. The fraction of sp³-hybridized carbons (Fsp3) is 0.250. The Morgan fingerprint density at radius 2 is 2.08 bits per heavy atom. The van der Waals surface area contributed by atoms with Crippen molar-refractivity contribution in [1.29, 1.82) is 5.26 Å². The van der Waals surface area contributed by atoms with Gasteiger partial charge in [-0.3, -0.25) is 14.9 Å². The van der Waals surface area contributed by atoms with Gasteiger partial charge in [0.1, 0.15) is 11.5 Å². The summed E-state index contributed by atoms with van der Waals surface area (Å²) in [6.07, 6.45) is 1.71. The highest BCUT2D eigenvalue weighted by atomic mass is 16.6. The molecule has 0 bridgehead atoms. The predicted molar refractivity (Wildman–Crippen MR) is 82.9 cm³/mol. The second kappa shape index (κ2) is 8.33. The highest BCUT2D eigenvalue weighted by Gasteiger charge is 2.16. The summed E-state index contributed by atoms with van der Waals surface area (Å²) in [7, 11) is 0. The van der Waals surface area contributed by atoms with Gasteiger partial charge in [0.05, 0.1) is 30.2 Å². The fourth-order valence-electron chi connectivity index (χ4n) is 1.97. The highest BCUT2D eigenvalue weighted by Crippen LogP contribution is 2.17. The zero-order valence-corrected chi connectivity index (χ0v) is 12.8. The Hall–Kier alpha value is -3.34. The van der Waals surface area contributed by atoms with Crippen molar-refractivity contribution < 1.29 is 18.9 Å². The van der Waals surface area contributed by atoms with Crippen molar-refractivity contribution in [2.75, 3.05) is 13.2 Å². The Morgan fingerprint density at radius 1 is 1.33 bits per heavy atom. The minimum atomic E-state index is -0.512. The lowest BCUT2D eigenvalue weighted by Crippen LogP contribution is -2.35. The molecule has 0 aliphatic heterocycles. The Kier molecular flexibility index (Phi) is 5.91. The average Bonchev–Trinajstić information content (AvgIpc) is 3.10. The topological polar surface area (TPSA) is 110 Å². The molecule has 0 aliphatic rings. The van der Waals surface area contributed by atoms with Gasteiger partial charge in [0.15, 0.2) is 6.61 Å². The Labute approximate surface area is 138 Å². The number of hydrogen-bond donors (Lipinski definition) is 0. The van der Waals surface area contributed by atoms with Crippen molar-refractivity contribution in [1.82, 2.24) is 4.90 Å². The molecule has 2 rings (SSSR count). The molecule has 1 aromatic carbocycles. The zero-order valence-electron chi connectivity index (χ0n) is 12.8. The molecule has 0 spiro atoms. The summed E-state index contributed by atoms with van der Waals surface area (Å²) in [6, 6.07) is 10.9. The maximum Gasteiger partial charge on any atom is 0.269 e. The van der Waals surface area contributed by atoms with Crippen molar-refractivity contribution in [2.24, 2.45) is 0 Å². The second-order valence-corrected chi connectivity index (χ2v) is 4.84. The summed E-state index contributed by atoms with van der Waals surface area (Å²) in [6.45, 7) is 0.279. The summed E-state index contributed by atoms with van der Waals surface area (Å²) >= 11 is 0. The van der Waals surface area contributed by atoms with Gasteiger partial charge in [-0.05, 0) is 24.3 Å². The molecule has 8 heteroatoms. The smallest absolute Gasteiger partial charge is 0.269 e. The van der Waals surface area contributed by atoms with Gasteiger partial charge >= 0.3 is 0 Å². The molecule has 0 saturated heterocycles. The molecule has 24 heavy (non-hydrogen) atoms. The van der Waals surface area contributed by atoms with Crippen LogP contribution in [0.5, 0.6) is 5.75 Å². The Bertz CT molecular complexity index is 719. The molecule has 0 unspecified atom stereocenters. The minimum Gasteiger partial charge on any atom is -0.484 e. The molecule has 0 aliphatic carbocycles. The number of carbonyl (C=O) groups is 1. The zero-order chi connectivity index (χ0) is 17.4. The lowest BCUT2D eigenvalue weighted by Gasteiger charge is -2.20. The van der Waals surface area contributed by atoms with E-state index in [1.54, 1.807) is 12.1 Å². The molecule has 2 aromatic rings. The van der Waals surface area contributed by atoms with E-state index >= 15 is 0 Å². The van der Waals surface area contributed by atoms with Gasteiger partial charge in [0.25, 0.3) is 11.6 Å². The number of nitro benzene ring substituents is 1. The van der Waals surface area contributed by atoms with E-state index in [9.17, 15) is 14.9 Å². The van der Waals surface area contributed by atoms with Crippen LogP contribution in [0.15, 0.2) is 47.1 Å². The number of nitro groups is 1. The lowest BCUT2D eigenvalue weighted by atomic mass is 10.3. The third-order valence-corrected chi connectivity index (χ3v) is 3.18. The molecule has 0 atom stereocenters. The summed E-state index contributed by atoms with van der Waals surface area (Å²) < 4.78 is 10.6. The molecule has 1 aromatic heterocycles. The molecule has 124 valence electrons. The van der Waals surface area contributed by atoms with E-state index in [1.165, 1.54) is 35.4 Å². The normalized spacial score (nSPS) is 9.96. The van der Waals surface area contributed by atoms with Gasteiger partial charge in [-0.15, -0.1) is 0 Å². The van der Waals surface area contributed by atoms with Crippen LogP contribution < -0.4 is 4.74 Å². The summed E-state index contributed by atoms with van der Waals surface area (Å²) in [4.78, 5) is 23.8. The quantitative estimate of drug-likeness (QED) is 0.543. The molecule has 1 heterocycles. The predicted octanol–water partition coefficient (Wildman–Crippen LogP) is 2.51. The first-order chi connectivity index (χ1) is 11.6. The van der Waals surface area contributed by atoms with Crippen molar-refractivity contribution >= 4 is 11.6 Å². The van der Waals surface area contributed by atoms with Gasteiger partial charge < -0.3 is 14.1 Å². The van der Waals surface area contributed by atoms with Crippen LogP contribution in [0.2, 0.25) is 0 Å². The Balaban J connectivity index is 1.93. The van der Waals surface area contributed by atoms with Crippen LogP contribution in [-0.2, 0) is 11.3 Å². The number of non-ortho nitro benzene ring substituents is 1. The molecule has 0 radical (unpaired) electrons. The highest BCUT2D eigenvalue weighted by molar-refractivity contribution is 5.77. The molecular weight excluding hydrogens is 314 g/mol. The van der Waals surface area contributed by atoms with Gasteiger partial charge in [0.2, 0.25) is 0 Å². The third kappa shape index (κ3) is 4.84. The molecule has 1 amide bonds. The first kappa shape index (κ1) is 17.0. The van der Waals surface area contributed by atoms with Crippen LogP contribution in [0.4, 0.5) is 5.69 Å². The van der Waals surface area contributed by atoms with Crippen LogP contribution in [0.1, 0.15) is 12.2 Å². The minimum absolute atomic E-state index is 0.0536. The first-order valence-corrected chi connectivity index (χ1v) is 7.14. The van der Waals surface area contributed by atoms with E-state index in [1.807, 2.05) is 6.07 Å². The molecule has 0 fully saturated rings. The van der Waals surface area contributed by atoms with E-state index in [-0.39, 0.29) is 37.7 Å². The van der Waals surface area contributed by atoms with Crippen molar-refractivity contribution in [2.45, 2.75) is 13.0 Å². The van der Waals surface area contributed by atoms with Gasteiger partial charge in [-0.1, -0.05) is 0 Å². The summed E-state index contributed by atoms with van der Waals surface area (Å²) in [5.41, 5.74) is -0.0536. The van der Waals surface area contributed by atoms with Crippen molar-refractivity contribution in [3.8, 4) is 11.8 Å². The van der Waals surface area contributed by atoms with Gasteiger partial charge in [0, 0.05) is 18.7 Å². The third-order valence-electron chi connectivity index (χ3n) is 3.18. The molecule has 0 saturated carbocycles. The number of nitrogens with zero attached hydrogens (tertiary/aromatic N) is 3. The van der Waals surface area contributed by atoms with Crippen LogP contribution in [0, 0.1) is 21.4 Å². The number of rotatable bonds is 8. The standard InChI is InChI=1S/C16H15N3O5/c17-8-2-9-18(11-15-3-1-10-23-15)16(20)12-24-14-6-4-13(5-7-14)19(21)22/h1,3-7,10H,2,9,11-12H2. The van der Waals surface area contributed by atoms with E-state index in [0.29, 0.717) is 11.5 Å². The summed E-state index contributed by atoms with van der Waals surface area (Å²) in [5, 5.41) is 19.3. The van der Waals surface area contributed by atoms with Crippen molar-refractivity contribution in [3.05, 3.63) is 58.5 Å². The maximum absolute atomic E-state index is 12.3. The largest absolute Gasteiger partial charge is 0.484 e. The average molecular weight is 329 g/mol. The maximum atomic E-state index is 12.3. The van der Waals surface area contributed by atoms with Crippen LogP contribution in [-0.4, -0.2) is 28.9 Å². The lowest BCUT2D eigenvalue weighted by molar-refractivity contribution is -0.384. The summed E-state index contributed by atoms with van der Waals surface area (Å²) in [5.74, 6) is 0.656. The second-order valence-electron chi connectivity index (χ2n) is 4.84. The van der Waals surface area contributed by atoms with E-state index < -0.39 is 4.92 Å². The van der Waals surface area contributed by atoms with Crippen molar-refractivity contribution in [3.63, 3.8) is 0 Å². The number of carbonyl (C=O) groups excluding carboxylic acids is 1. The van der Waals surface area contributed by atoms with E-state index in [0.717, 1.165) is 0 Å². The van der Waals surface area contributed by atoms with Gasteiger partial charge in [-0.25, -0.2) is 0 Å². The van der Waals surface area contributed by atoms with E-state index in [4.69, 9.17) is 14.4 Å². The van der Waals surface area contributed by atoms with Gasteiger partial charge in [-0.2, -0.15) is 5.26 Å². The number of ether oxygens (including phenoxy) is 1. The SMILES string of the molecule is N#CCCN(Cc1ccco1)C(=O)COc1ccc([N+](=O)[O-])cc1. The van der Waals surface area contributed by atoms with Crippen LogP contribution in [0.3, 0.4) is 0 Å². The fourth-order valence-corrected chi connectivity index (χ4v) is 1.97. The molecule has 0 N–H and O–H groups in total. The van der Waals surface area contributed by atoms with Crippen LogP contribution in [0.25, 0.3) is 0 Å². The number of amides is 1. The Morgan fingerprint density at radius 3 is 2.67 bits per heavy atom. The van der Waals surface area contributed by atoms with E-state index in [2.05, 4.69) is 0 Å².